The van der Waals surface area contributed by atoms with Crippen molar-refractivity contribution in [3.8, 4) is 0 Å². The number of aryl methyl sites for hydroxylation is 2. The zero-order chi connectivity index (χ0) is 18.8. The van der Waals surface area contributed by atoms with E-state index in [0.29, 0.717) is 12.0 Å². The minimum atomic E-state index is 0.139. The summed E-state index contributed by atoms with van der Waals surface area (Å²) < 4.78 is 1.79. The molecule has 1 unspecified atom stereocenters. The van der Waals surface area contributed by atoms with Crippen LogP contribution in [0.5, 0.6) is 0 Å². The summed E-state index contributed by atoms with van der Waals surface area (Å²) in [5.74, 6) is 0.579. The SMILES string of the molecule is CC(C)CCn1cnc2sc3c(c2c1=O)CCC(NCc1cccnc1)C3. The van der Waals surface area contributed by atoms with Crippen molar-refractivity contribution in [2.75, 3.05) is 0 Å². The van der Waals surface area contributed by atoms with Crippen molar-refractivity contribution in [3.63, 3.8) is 0 Å². The third-order valence-corrected chi connectivity index (χ3v) is 6.46. The first-order chi connectivity index (χ1) is 13.1. The van der Waals surface area contributed by atoms with Crippen LogP contribution >= 0.6 is 11.3 Å². The van der Waals surface area contributed by atoms with Crippen LogP contribution in [-0.2, 0) is 25.9 Å². The maximum atomic E-state index is 13.0. The second-order valence-electron chi connectivity index (χ2n) is 7.79. The van der Waals surface area contributed by atoms with Gasteiger partial charge in [0.2, 0.25) is 0 Å². The molecule has 0 spiro atoms. The highest BCUT2D eigenvalue weighted by atomic mass is 32.1. The lowest BCUT2D eigenvalue weighted by atomic mass is 9.93. The van der Waals surface area contributed by atoms with Gasteiger partial charge in [-0.3, -0.25) is 14.3 Å². The van der Waals surface area contributed by atoms with Gasteiger partial charge in [-0.05, 0) is 48.8 Å². The van der Waals surface area contributed by atoms with Gasteiger partial charge in [0.1, 0.15) is 4.83 Å². The molecule has 0 bridgehead atoms. The van der Waals surface area contributed by atoms with E-state index >= 15 is 0 Å². The fraction of sp³-hybridized carbons (Fsp3) is 0.476. The van der Waals surface area contributed by atoms with Gasteiger partial charge in [0.15, 0.2) is 0 Å². The Labute approximate surface area is 163 Å². The molecule has 6 heteroatoms. The predicted octanol–water partition coefficient (Wildman–Crippen LogP) is 3.55. The highest BCUT2D eigenvalue weighted by Gasteiger charge is 2.25. The average Bonchev–Trinajstić information content (AvgIpc) is 3.05. The molecule has 3 heterocycles. The first-order valence-corrected chi connectivity index (χ1v) is 10.6. The molecule has 0 amide bonds. The van der Waals surface area contributed by atoms with Crippen LogP contribution < -0.4 is 10.9 Å². The molecule has 5 nitrogen and oxygen atoms in total. The lowest BCUT2D eigenvalue weighted by Crippen LogP contribution is -2.33. The molecule has 0 fully saturated rings. The Hall–Kier alpha value is -2.05. The number of nitrogens with one attached hydrogen (secondary N) is 1. The summed E-state index contributed by atoms with van der Waals surface area (Å²) in [6.07, 6.45) is 9.41. The molecule has 0 aliphatic heterocycles. The minimum Gasteiger partial charge on any atom is -0.309 e. The number of fused-ring (bicyclic) bond motifs is 3. The third-order valence-electron chi connectivity index (χ3n) is 5.30. The van der Waals surface area contributed by atoms with Crippen LogP contribution in [-0.4, -0.2) is 20.6 Å². The van der Waals surface area contributed by atoms with Gasteiger partial charge in [0.05, 0.1) is 11.7 Å². The van der Waals surface area contributed by atoms with Crippen molar-refractivity contribution in [2.45, 2.75) is 58.7 Å². The molecule has 0 radical (unpaired) electrons. The molecule has 1 N–H and O–H groups in total. The number of nitrogens with zero attached hydrogens (tertiary/aromatic N) is 3. The molecule has 0 saturated carbocycles. The summed E-state index contributed by atoms with van der Waals surface area (Å²) in [5, 5.41) is 4.51. The summed E-state index contributed by atoms with van der Waals surface area (Å²) in [7, 11) is 0. The van der Waals surface area contributed by atoms with Crippen LogP contribution in [0.15, 0.2) is 35.6 Å². The normalized spacial score (nSPS) is 16.8. The highest BCUT2D eigenvalue weighted by Crippen LogP contribution is 2.33. The molecule has 27 heavy (non-hydrogen) atoms. The van der Waals surface area contributed by atoms with Gasteiger partial charge in [0.25, 0.3) is 5.56 Å². The standard InChI is InChI=1S/C21H26N4OS/c1-14(2)7-9-25-13-24-20-19(21(25)26)17-6-5-16(10-18(17)27-20)23-12-15-4-3-8-22-11-15/h3-4,8,11,13-14,16,23H,5-7,9-10,12H2,1-2H3. The Balaban J connectivity index is 1.52. The topological polar surface area (TPSA) is 59.8 Å². The van der Waals surface area contributed by atoms with Gasteiger partial charge < -0.3 is 5.32 Å². The van der Waals surface area contributed by atoms with E-state index in [9.17, 15) is 4.79 Å². The van der Waals surface area contributed by atoms with Crippen molar-refractivity contribution in [1.82, 2.24) is 19.9 Å². The minimum absolute atomic E-state index is 0.139. The lowest BCUT2D eigenvalue weighted by molar-refractivity contribution is 0.462. The molecule has 1 atom stereocenters. The van der Waals surface area contributed by atoms with Crippen LogP contribution in [0, 0.1) is 5.92 Å². The van der Waals surface area contributed by atoms with E-state index in [2.05, 4.69) is 35.2 Å². The molecule has 3 aromatic heterocycles. The molecule has 0 aromatic carbocycles. The van der Waals surface area contributed by atoms with Gasteiger partial charge in [-0.25, -0.2) is 4.98 Å². The molecule has 3 aromatic rings. The summed E-state index contributed by atoms with van der Waals surface area (Å²) in [4.78, 5) is 24.0. The van der Waals surface area contributed by atoms with Gasteiger partial charge in [0, 0.05) is 36.4 Å². The van der Waals surface area contributed by atoms with Crippen LogP contribution in [0.4, 0.5) is 0 Å². The highest BCUT2D eigenvalue weighted by molar-refractivity contribution is 7.18. The average molecular weight is 383 g/mol. The molecule has 142 valence electrons. The quantitative estimate of drug-likeness (QED) is 0.708. The van der Waals surface area contributed by atoms with Crippen molar-refractivity contribution < 1.29 is 0 Å². The second kappa shape index (κ2) is 7.90. The van der Waals surface area contributed by atoms with E-state index in [1.54, 1.807) is 28.4 Å². The predicted molar refractivity (Wildman–Crippen MR) is 110 cm³/mol. The number of hydrogen-bond acceptors (Lipinski definition) is 5. The van der Waals surface area contributed by atoms with Crippen LogP contribution in [0.25, 0.3) is 10.2 Å². The third kappa shape index (κ3) is 3.96. The van der Waals surface area contributed by atoms with Gasteiger partial charge in [-0.15, -0.1) is 11.3 Å². The second-order valence-corrected chi connectivity index (χ2v) is 8.88. The van der Waals surface area contributed by atoms with Crippen molar-refractivity contribution in [1.29, 1.82) is 0 Å². The van der Waals surface area contributed by atoms with Gasteiger partial charge in [-0.1, -0.05) is 19.9 Å². The molecule has 1 aliphatic carbocycles. The molecule has 0 saturated heterocycles. The zero-order valence-electron chi connectivity index (χ0n) is 15.9. The Morgan fingerprint density at radius 1 is 1.41 bits per heavy atom. The Kier molecular flexibility index (Phi) is 5.36. The molecule has 1 aliphatic rings. The Morgan fingerprint density at radius 3 is 3.07 bits per heavy atom. The van der Waals surface area contributed by atoms with Crippen molar-refractivity contribution in [3.05, 3.63) is 57.2 Å². The van der Waals surface area contributed by atoms with Crippen molar-refractivity contribution in [2.24, 2.45) is 5.92 Å². The first-order valence-electron chi connectivity index (χ1n) is 9.73. The first kappa shape index (κ1) is 18.3. The Bertz CT molecular complexity index is 977. The zero-order valence-corrected chi connectivity index (χ0v) is 16.8. The fourth-order valence-corrected chi connectivity index (χ4v) is 4.95. The van der Waals surface area contributed by atoms with E-state index in [1.807, 2.05) is 12.3 Å². The lowest BCUT2D eigenvalue weighted by Gasteiger charge is -2.23. The van der Waals surface area contributed by atoms with E-state index in [0.717, 1.165) is 49.0 Å². The largest absolute Gasteiger partial charge is 0.309 e. The number of hydrogen-bond donors (Lipinski definition) is 1. The van der Waals surface area contributed by atoms with Gasteiger partial charge in [-0.2, -0.15) is 0 Å². The molecular formula is C21H26N4OS. The van der Waals surface area contributed by atoms with E-state index in [1.165, 1.54) is 16.0 Å². The van der Waals surface area contributed by atoms with Crippen molar-refractivity contribution >= 4 is 21.6 Å². The van der Waals surface area contributed by atoms with E-state index in [-0.39, 0.29) is 5.56 Å². The summed E-state index contributed by atoms with van der Waals surface area (Å²) >= 11 is 1.70. The van der Waals surface area contributed by atoms with Crippen LogP contribution in [0.2, 0.25) is 0 Å². The maximum absolute atomic E-state index is 13.0. The molecular weight excluding hydrogens is 356 g/mol. The van der Waals surface area contributed by atoms with E-state index < -0.39 is 0 Å². The van der Waals surface area contributed by atoms with E-state index in [4.69, 9.17) is 0 Å². The maximum Gasteiger partial charge on any atom is 0.262 e. The number of pyridine rings is 1. The summed E-state index contributed by atoms with van der Waals surface area (Å²) in [6, 6.07) is 4.50. The summed E-state index contributed by atoms with van der Waals surface area (Å²) in [5.41, 5.74) is 2.58. The number of thiophene rings is 1. The monoisotopic (exact) mass is 382 g/mol. The summed E-state index contributed by atoms with van der Waals surface area (Å²) in [6.45, 7) is 5.95. The number of aromatic nitrogens is 3. The van der Waals surface area contributed by atoms with Crippen LogP contribution in [0.3, 0.4) is 0 Å². The number of rotatable bonds is 6. The fourth-order valence-electron chi connectivity index (χ4n) is 3.70. The smallest absolute Gasteiger partial charge is 0.262 e. The Morgan fingerprint density at radius 2 is 2.30 bits per heavy atom. The van der Waals surface area contributed by atoms with Gasteiger partial charge >= 0.3 is 0 Å². The van der Waals surface area contributed by atoms with Crippen LogP contribution in [0.1, 0.15) is 42.7 Å². The molecule has 4 rings (SSSR count).